The van der Waals surface area contributed by atoms with Crippen LogP contribution in [0.5, 0.6) is 23.0 Å². The van der Waals surface area contributed by atoms with Crippen molar-refractivity contribution in [1.82, 2.24) is 10.1 Å². The lowest BCUT2D eigenvalue weighted by molar-refractivity contribution is -0.132. The van der Waals surface area contributed by atoms with Crippen molar-refractivity contribution in [2.75, 3.05) is 41.6 Å². The molecule has 1 amide bonds. The van der Waals surface area contributed by atoms with Crippen molar-refractivity contribution in [2.45, 2.75) is 31.9 Å². The Balaban J connectivity index is 1.53. The third kappa shape index (κ3) is 5.91. The number of carbonyl (C=O) groups excluding carboxylic acids is 1. The SMILES string of the molecule is COc1ccc(CC(=O)N(Cc2cc(-c3cc(OC)c(OC)c(OC)c3)on2)C[C@@H]2CCCO2)cc1. The molecule has 1 fully saturated rings. The zero-order valence-corrected chi connectivity index (χ0v) is 21.1. The minimum Gasteiger partial charge on any atom is -0.497 e. The molecule has 1 atom stereocenters. The summed E-state index contributed by atoms with van der Waals surface area (Å²) in [7, 11) is 6.29. The molecule has 4 rings (SSSR count). The summed E-state index contributed by atoms with van der Waals surface area (Å²) in [4.78, 5) is 15.1. The molecule has 9 heteroatoms. The van der Waals surface area contributed by atoms with Gasteiger partial charge in [0.05, 0.1) is 47.5 Å². The third-order valence-electron chi connectivity index (χ3n) is 6.18. The van der Waals surface area contributed by atoms with Crippen LogP contribution in [0, 0.1) is 0 Å². The number of carbonyl (C=O) groups is 1. The molecule has 2 heterocycles. The second kappa shape index (κ2) is 11.8. The Morgan fingerprint density at radius 1 is 1.00 bits per heavy atom. The maximum absolute atomic E-state index is 13.3. The van der Waals surface area contributed by atoms with E-state index < -0.39 is 0 Å². The van der Waals surface area contributed by atoms with Crippen LogP contribution in [-0.4, -0.2) is 63.7 Å². The summed E-state index contributed by atoms with van der Waals surface area (Å²) in [5.74, 6) is 2.80. The molecule has 1 aliphatic heterocycles. The van der Waals surface area contributed by atoms with Gasteiger partial charge in [0.15, 0.2) is 17.3 Å². The van der Waals surface area contributed by atoms with Gasteiger partial charge in [-0.05, 0) is 42.7 Å². The largest absolute Gasteiger partial charge is 0.497 e. The highest BCUT2D eigenvalue weighted by molar-refractivity contribution is 5.79. The molecule has 36 heavy (non-hydrogen) atoms. The minimum absolute atomic E-state index is 0.00648. The van der Waals surface area contributed by atoms with Crippen LogP contribution in [0.15, 0.2) is 47.0 Å². The van der Waals surface area contributed by atoms with Crippen LogP contribution in [0.2, 0.25) is 0 Å². The Hall–Kier alpha value is -3.72. The van der Waals surface area contributed by atoms with E-state index in [9.17, 15) is 4.79 Å². The van der Waals surface area contributed by atoms with E-state index in [1.54, 1.807) is 45.5 Å². The van der Waals surface area contributed by atoms with Crippen LogP contribution in [0.4, 0.5) is 0 Å². The number of hydrogen-bond acceptors (Lipinski definition) is 8. The summed E-state index contributed by atoms with van der Waals surface area (Å²) in [6.45, 7) is 1.53. The van der Waals surface area contributed by atoms with Crippen molar-refractivity contribution in [1.29, 1.82) is 0 Å². The molecule has 1 saturated heterocycles. The van der Waals surface area contributed by atoms with Crippen molar-refractivity contribution in [3.8, 4) is 34.3 Å². The van der Waals surface area contributed by atoms with Gasteiger partial charge in [-0.2, -0.15) is 0 Å². The molecule has 1 aromatic heterocycles. The van der Waals surface area contributed by atoms with Gasteiger partial charge in [-0.1, -0.05) is 17.3 Å². The van der Waals surface area contributed by atoms with E-state index in [0.29, 0.717) is 41.8 Å². The van der Waals surface area contributed by atoms with E-state index in [0.717, 1.165) is 36.3 Å². The van der Waals surface area contributed by atoms with Gasteiger partial charge in [-0.25, -0.2) is 0 Å². The van der Waals surface area contributed by atoms with E-state index in [4.69, 9.17) is 28.2 Å². The van der Waals surface area contributed by atoms with Gasteiger partial charge in [0.25, 0.3) is 0 Å². The van der Waals surface area contributed by atoms with Gasteiger partial charge in [-0.15, -0.1) is 0 Å². The molecule has 0 radical (unpaired) electrons. The molecule has 2 aromatic carbocycles. The maximum Gasteiger partial charge on any atom is 0.227 e. The highest BCUT2D eigenvalue weighted by Crippen LogP contribution is 2.41. The Morgan fingerprint density at radius 2 is 1.72 bits per heavy atom. The van der Waals surface area contributed by atoms with Crippen LogP contribution in [0.1, 0.15) is 24.1 Å². The first-order chi connectivity index (χ1) is 17.5. The van der Waals surface area contributed by atoms with Crippen molar-refractivity contribution in [3.63, 3.8) is 0 Å². The molecule has 192 valence electrons. The fourth-order valence-electron chi connectivity index (χ4n) is 4.26. The highest BCUT2D eigenvalue weighted by atomic mass is 16.5. The predicted octanol–water partition coefficient (Wildman–Crippen LogP) is 4.13. The van der Waals surface area contributed by atoms with Crippen LogP contribution in [0.25, 0.3) is 11.3 Å². The Bertz CT molecular complexity index is 1130. The standard InChI is InChI=1S/C27H32N2O7/c1-31-21-9-7-18(8-10-21)12-26(30)29(17-22-6-5-11-35-22)16-20-15-23(36-28-20)19-13-24(32-2)27(34-4)25(14-19)33-3/h7-10,13-15,22H,5-6,11-12,16-17H2,1-4H3/t22-/m0/s1. The number of methoxy groups -OCH3 is 4. The molecular formula is C27H32N2O7. The molecule has 0 unspecified atom stereocenters. The van der Waals surface area contributed by atoms with Gasteiger partial charge in [0.1, 0.15) is 11.4 Å². The van der Waals surface area contributed by atoms with Gasteiger partial charge in [-0.3, -0.25) is 4.79 Å². The van der Waals surface area contributed by atoms with E-state index >= 15 is 0 Å². The summed E-state index contributed by atoms with van der Waals surface area (Å²) in [6, 6.07) is 12.9. The quantitative estimate of drug-likeness (QED) is 0.391. The van der Waals surface area contributed by atoms with Gasteiger partial charge in [0.2, 0.25) is 11.7 Å². The number of ether oxygens (including phenoxy) is 5. The number of benzene rings is 2. The lowest BCUT2D eigenvalue weighted by atomic mass is 10.1. The van der Waals surface area contributed by atoms with Crippen LogP contribution < -0.4 is 18.9 Å². The van der Waals surface area contributed by atoms with E-state index in [1.165, 1.54) is 0 Å². The average Bonchev–Trinajstić information content (AvgIpc) is 3.60. The zero-order valence-electron chi connectivity index (χ0n) is 21.1. The van der Waals surface area contributed by atoms with Crippen LogP contribution in [0.3, 0.4) is 0 Å². The molecule has 0 spiro atoms. The highest BCUT2D eigenvalue weighted by Gasteiger charge is 2.24. The molecule has 3 aromatic rings. The average molecular weight is 497 g/mol. The van der Waals surface area contributed by atoms with E-state index in [2.05, 4.69) is 5.16 Å². The Kier molecular flexibility index (Phi) is 8.32. The van der Waals surface area contributed by atoms with Crippen LogP contribution >= 0.6 is 0 Å². The lowest BCUT2D eigenvalue weighted by Gasteiger charge is -2.24. The lowest BCUT2D eigenvalue weighted by Crippen LogP contribution is -2.38. The van der Waals surface area contributed by atoms with Gasteiger partial charge >= 0.3 is 0 Å². The van der Waals surface area contributed by atoms with Crippen molar-refractivity contribution in [2.24, 2.45) is 0 Å². The number of hydrogen-bond donors (Lipinski definition) is 0. The predicted molar refractivity (Wildman–Crippen MR) is 133 cm³/mol. The van der Waals surface area contributed by atoms with Crippen molar-refractivity contribution < 1.29 is 33.0 Å². The number of aromatic nitrogens is 1. The number of amides is 1. The number of rotatable bonds is 11. The van der Waals surface area contributed by atoms with Crippen molar-refractivity contribution >= 4 is 5.91 Å². The minimum atomic E-state index is -0.00648. The summed E-state index contributed by atoms with van der Waals surface area (Å²) in [5, 5.41) is 4.23. The summed E-state index contributed by atoms with van der Waals surface area (Å²) in [5.41, 5.74) is 2.27. The topological polar surface area (TPSA) is 92.5 Å². The molecule has 0 aliphatic carbocycles. The first-order valence-electron chi connectivity index (χ1n) is 11.8. The number of nitrogens with zero attached hydrogens (tertiary/aromatic N) is 2. The smallest absolute Gasteiger partial charge is 0.227 e. The van der Waals surface area contributed by atoms with Crippen molar-refractivity contribution in [3.05, 3.63) is 53.7 Å². The summed E-state index contributed by atoms with van der Waals surface area (Å²) in [6.07, 6.45) is 2.22. The van der Waals surface area contributed by atoms with Gasteiger partial charge < -0.3 is 33.1 Å². The summed E-state index contributed by atoms with van der Waals surface area (Å²) < 4.78 is 32.9. The normalized spacial score (nSPS) is 14.9. The van der Waals surface area contributed by atoms with E-state index in [-0.39, 0.29) is 18.4 Å². The fraction of sp³-hybridized carbons (Fsp3) is 0.407. The molecule has 9 nitrogen and oxygen atoms in total. The van der Waals surface area contributed by atoms with E-state index in [1.807, 2.05) is 30.3 Å². The maximum atomic E-state index is 13.3. The Morgan fingerprint density at radius 3 is 2.31 bits per heavy atom. The first-order valence-corrected chi connectivity index (χ1v) is 11.8. The molecule has 0 N–H and O–H groups in total. The second-order valence-corrected chi connectivity index (χ2v) is 8.53. The second-order valence-electron chi connectivity index (χ2n) is 8.53. The molecule has 0 saturated carbocycles. The summed E-state index contributed by atoms with van der Waals surface area (Å²) >= 11 is 0. The monoisotopic (exact) mass is 496 g/mol. The molecule has 0 bridgehead atoms. The Labute approximate surface area is 210 Å². The molecular weight excluding hydrogens is 464 g/mol. The first kappa shape index (κ1) is 25.4. The zero-order chi connectivity index (χ0) is 25.5. The van der Waals surface area contributed by atoms with Gasteiger partial charge in [0, 0.05) is 24.8 Å². The van der Waals surface area contributed by atoms with Crippen LogP contribution in [-0.2, 0) is 22.5 Å². The molecule has 1 aliphatic rings. The third-order valence-corrected chi connectivity index (χ3v) is 6.18. The fourth-order valence-corrected chi connectivity index (χ4v) is 4.26.